The van der Waals surface area contributed by atoms with E-state index >= 15 is 0 Å². The van der Waals surface area contributed by atoms with E-state index in [9.17, 15) is 0 Å². The minimum absolute atomic E-state index is 0.502. The summed E-state index contributed by atoms with van der Waals surface area (Å²) in [5.41, 5.74) is 3.93. The van der Waals surface area contributed by atoms with Crippen molar-refractivity contribution in [1.82, 2.24) is 10.3 Å². The van der Waals surface area contributed by atoms with E-state index in [1.807, 2.05) is 29.1 Å². The van der Waals surface area contributed by atoms with E-state index in [0.717, 1.165) is 34.6 Å². The zero-order valence-electron chi connectivity index (χ0n) is 11.3. The van der Waals surface area contributed by atoms with E-state index in [1.54, 1.807) is 18.4 Å². The summed E-state index contributed by atoms with van der Waals surface area (Å²) in [5, 5.41) is 5.31. The van der Waals surface area contributed by atoms with Gasteiger partial charge in [0.15, 0.2) is 0 Å². The molecule has 0 unspecified atom stereocenters. The molecule has 0 bridgehead atoms. The fourth-order valence-corrected chi connectivity index (χ4v) is 2.57. The predicted octanol–water partition coefficient (Wildman–Crippen LogP) is 3.22. The van der Waals surface area contributed by atoms with E-state index in [0.29, 0.717) is 13.2 Å². The van der Waals surface area contributed by atoms with Crippen LogP contribution < -0.4 is 10.1 Å². The summed E-state index contributed by atoms with van der Waals surface area (Å²) < 4.78 is 11.8. The van der Waals surface area contributed by atoms with Crippen molar-refractivity contribution >= 4 is 27.3 Å². The van der Waals surface area contributed by atoms with Gasteiger partial charge in [0, 0.05) is 30.1 Å². The van der Waals surface area contributed by atoms with Crippen LogP contribution in [0.1, 0.15) is 11.3 Å². The van der Waals surface area contributed by atoms with Crippen molar-refractivity contribution in [1.29, 1.82) is 0 Å². The third-order valence-corrected chi connectivity index (χ3v) is 4.09. The molecule has 20 heavy (non-hydrogen) atoms. The average molecular weight is 357 g/mol. The summed E-state index contributed by atoms with van der Waals surface area (Å²) in [4.78, 5) is 4.20. The maximum Gasteiger partial charge on any atom is 0.131 e. The first-order valence-electron chi connectivity index (χ1n) is 6.27. The Labute approximate surface area is 131 Å². The molecule has 0 fully saturated rings. The number of hydrogen-bond acceptors (Lipinski definition) is 5. The second-order valence-electron chi connectivity index (χ2n) is 4.19. The number of rotatable bonds is 8. The standard InChI is InChI=1S/C14H17BrN2O2S/c1-18-5-4-16-7-11-6-13(2-3-14(11)15)19-8-12-9-20-10-17-12/h2-3,6,9-10,16H,4-5,7-8H2,1H3. The highest BCUT2D eigenvalue weighted by Gasteiger charge is 2.03. The van der Waals surface area contributed by atoms with Gasteiger partial charge in [-0.25, -0.2) is 4.98 Å². The number of benzene rings is 1. The molecule has 0 aliphatic rings. The number of halogens is 1. The third-order valence-electron chi connectivity index (χ3n) is 2.69. The molecule has 1 N–H and O–H groups in total. The van der Waals surface area contributed by atoms with E-state index in [4.69, 9.17) is 9.47 Å². The molecule has 2 aromatic rings. The van der Waals surface area contributed by atoms with E-state index in [1.165, 1.54) is 0 Å². The molecular weight excluding hydrogens is 340 g/mol. The van der Waals surface area contributed by atoms with Crippen molar-refractivity contribution in [3.63, 3.8) is 0 Å². The largest absolute Gasteiger partial charge is 0.487 e. The number of thiazole rings is 1. The monoisotopic (exact) mass is 356 g/mol. The van der Waals surface area contributed by atoms with Crippen LogP contribution in [0.15, 0.2) is 33.6 Å². The summed E-state index contributed by atoms with van der Waals surface area (Å²) in [6.07, 6.45) is 0. The fourth-order valence-electron chi connectivity index (χ4n) is 1.64. The molecule has 4 nitrogen and oxygen atoms in total. The van der Waals surface area contributed by atoms with Crippen LogP contribution in [0.25, 0.3) is 0 Å². The number of aromatic nitrogens is 1. The zero-order chi connectivity index (χ0) is 14.2. The minimum Gasteiger partial charge on any atom is -0.487 e. The Kier molecular flexibility index (Phi) is 6.46. The molecule has 108 valence electrons. The van der Waals surface area contributed by atoms with Crippen molar-refractivity contribution in [2.75, 3.05) is 20.3 Å². The van der Waals surface area contributed by atoms with Gasteiger partial charge in [-0.15, -0.1) is 11.3 Å². The van der Waals surface area contributed by atoms with Crippen LogP contribution in [-0.4, -0.2) is 25.2 Å². The van der Waals surface area contributed by atoms with Gasteiger partial charge < -0.3 is 14.8 Å². The van der Waals surface area contributed by atoms with Crippen LogP contribution in [0, 0.1) is 0 Å². The maximum atomic E-state index is 5.74. The maximum absolute atomic E-state index is 5.74. The van der Waals surface area contributed by atoms with Gasteiger partial charge in [-0.05, 0) is 23.8 Å². The van der Waals surface area contributed by atoms with Gasteiger partial charge in [-0.2, -0.15) is 0 Å². The number of hydrogen-bond donors (Lipinski definition) is 1. The normalized spacial score (nSPS) is 10.7. The fraction of sp³-hybridized carbons (Fsp3) is 0.357. The Morgan fingerprint density at radius 1 is 1.40 bits per heavy atom. The lowest BCUT2D eigenvalue weighted by Crippen LogP contribution is -2.18. The van der Waals surface area contributed by atoms with Gasteiger partial charge in [0.1, 0.15) is 12.4 Å². The molecule has 0 amide bonds. The molecule has 6 heteroatoms. The minimum atomic E-state index is 0.502. The Hall–Kier alpha value is -0.950. The summed E-state index contributed by atoms with van der Waals surface area (Å²) in [6, 6.07) is 6.00. The Morgan fingerprint density at radius 3 is 3.05 bits per heavy atom. The molecule has 1 heterocycles. The number of methoxy groups -OCH3 is 1. The molecule has 1 aromatic heterocycles. The molecule has 0 saturated heterocycles. The van der Waals surface area contributed by atoms with Gasteiger partial charge >= 0.3 is 0 Å². The van der Waals surface area contributed by atoms with Crippen molar-refractivity contribution in [3.8, 4) is 5.75 Å². The SMILES string of the molecule is COCCNCc1cc(OCc2cscn2)ccc1Br. The Morgan fingerprint density at radius 2 is 2.30 bits per heavy atom. The second-order valence-corrected chi connectivity index (χ2v) is 5.76. The molecule has 0 atom stereocenters. The summed E-state index contributed by atoms with van der Waals surface area (Å²) >= 11 is 5.13. The quantitative estimate of drug-likeness (QED) is 0.737. The van der Waals surface area contributed by atoms with Crippen LogP contribution in [0.3, 0.4) is 0 Å². The molecule has 0 aliphatic carbocycles. The number of nitrogens with one attached hydrogen (secondary N) is 1. The number of ether oxygens (including phenoxy) is 2. The highest BCUT2D eigenvalue weighted by atomic mass is 79.9. The highest BCUT2D eigenvalue weighted by molar-refractivity contribution is 9.10. The zero-order valence-corrected chi connectivity index (χ0v) is 13.7. The summed E-state index contributed by atoms with van der Waals surface area (Å²) in [7, 11) is 1.70. The first-order chi connectivity index (χ1) is 9.79. The first-order valence-corrected chi connectivity index (χ1v) is 8.01. The van der Waals surface area contributed by atoms with Crippen molar-refractivity contribution in [3.05, 3.63) is 44.8 Å². The molecule has 0 aliphatic heterocycles. The molecule has 0 saturated carbocycles. The average Bonchev–Trinajstić information content (AvgIpc) is 2.97. The Balaban J connectivity index is 1.90. The van der Waals surface area contributed by atoms with E-state index in [2.05, 4.69) is 26.2 Å². The lowest BCUT2D eigenvalue weighted by Gasteiger charge is -2.10. The lowest BCUT2D eigenvalue weighted by molar-refractivity contribution is 0.199. The van der Waals surface area contributed by atoms with Crippen molar-refractivity contribution in [2.24, 2.45) is 0 Å². The molecule has 2 rings (SSSR count). The summed E-state index contributed by atoms with van der Waals surface area (Å²) in [5.74, 6) is 0.852. The molecule has 0 spiro atoms. The van der Waals surface area contributed by atoms with Gasteiger partial charge in [0.05, 0.1) is 17.8 Å². The molecular formula is C14H17BrN2O2S. The Bertz CT molecular complexity index is 520. The van der Waals surface area contributed by atoms with Crippen LogP contribution >= 0.6 is 27.3 Å². The van der Waals surface area contributed by atoms with Crippen LogP contribution in [0.2, 0.25) is 0 Å². The van der Waals surface area contributed by atoms with E-state index < -0.39 is 0 Å². The van der Waals surface area contributed by atoms with Crippen LogP contribution in [0.4, 0.5) is 0 Å². The second kappa shape index (κ2) is 8.36. The van der Waals surface area contributed by atoms with Gasteiger partial charge in [0.2, 0.25) is 0 Å². The van der Waals surface area contributed by atoms with E-state index in [-0.39, 0.29) is 0 Å². The third kappa shape index (κ3) is 4.86. The lowest BCUT2D eigenvalue weighted by atomic mass is 10.2. The molecule has 1 aromatic carbocycles. The van der Waals surface area contributed by atoms with Crippen molar-refractivity contribution in [2.45, 2.75) is 13.2 Å². The smallest absolute Gasteiger partial charge is 0.131 e. The summed E-state index contributed by atoms with van der Waals surface area (Å²) in [6.45, 7) is 2.81. The highest BCUT2D eigenvalue weighted by Crippen LogP contribution is 2.23. The first kappa shape index (κ1) is 15.4. The van der Waals surface area contributed by atoms with Crippen LogP contribution in [-0.2, 0) is 17.9 Å². The van der Waals surface area contributed by atoms with Crippen LogP contribution in [0.5, 0.6) is 5.75 Å². The van der Waals surface area contributed by atoms with Gasteiger partial charge in [-0.1, -0.05) is 15.9 Å². The topological polar surface area (TPSA) is 43.4 Å². The van der Waals surface area contributed by atoms with Gasteiger partial charge in [0.25, 0.3) is 0 Å². The van der Waals surface area contributed by atoms with Gasteiger partial charge in [-0.3, -0.25) is 0 Å². The predicted molar refractivity (Wildman–Crippen MR) is 84.2 cm³/mol. The number of nitrogens with zero attached hydrogens (tertiary/aromatic N) is 1. The molecule has 0 radical (unpaired) electrons. The van der Waals surface area contributed by atoms with Crippen molar-refractivity contribution < 1.29 is 9.47 Å².